The molecule has 1 aromatic rings. The van der Waals surface area contributed by atoms with Crippen LogP contribution >= 0.6 is 23.1 Å². The molecule has 0 bridgehead atoms. The molecule has 1 aliphatic heterocycles. The van der Waals surface area contributed by atoms with Gasteiger partial charge in [-0.1, -0.05) is 6.92 Å². The van der Waals surface area contributed by atoms with E-state index in [1.54, 1.807) is 14.2 Å². The molecule has 0 radical (unpaired) electrons. The van der Waals surface area contributed by atoms with Crippen LogP contribution in [0.3, 0.4) is 0 Å². The van der Waals surface area contributed by atoms with Crippen LogP contribution in [0.25, 0.3) is 0 Å². The topological polar surface area (TPSA) is 30.5 Å². The van der Waals surface area contributed by atoms with Gasteiger partial charge in [-0.2, -0.15) is 0 Å². The Morgan fingerprint density at radius 3 is 3.06 bits per heavy atom. The summed E-state index contributed by atoms with van der Waals surface area (Å²) in [5.74, 6) is 0. The maximum atomic E-state index is 5.39. The lowest BCUT2D eigenvalue weighted by Crippen LogP contribution is -2.36. The fraction of sp³-hybridized carbons (Fsp3) is 0.692. The van der Waals surface area contributed by atoms with E-state index >= 15 is 0 Å². The number of ether oxygens (including phenoxy) is 2. The molecule has 18 heavy (non-hydrogen) atoms. The van der Waals surface area contributed by atoms with Gasteiger partial charge in [0, 0.05) is 32.1 Å². The third kappa shape index (κ3) is 3.48. The Hall–Kier alpha value is -0.0700. The smallest absolute Gasteiger partial charge is 0.0928 e. The van der Waals surface area contributed by atoms with E-state index in [-0.39, 0.29) is 6.10 Å². The summed E-state index contributed by atoms with van der Waals surface area (Å²) >= 11 is 3.85. The molecule has 0 aliphatic carbocycles. The van der Waals surface area contributed by atoms with Crippen LogP contribution in [0.5, 0.6) is 0 Å². The molecule has 0 aromatic carbocycles. The van der Waals surface area contributed by atoms with Crippen LogP contribution in [0, 0.1) is 0 Å². The van der Waals surface area contributed by atoms with Gasteiger partial charge in [0.25, 0.3) is 0 Å². The van der Waals surface area contributed by atoms with Gasteiger partial charge in [-0.15, -0.1) is 23.1 Å². The Labute approximate surface area is 117 Å². The highest BCUT2D eigenvalue weighted by atomic mass is 32.2. The van der Waals surface area contributed by atoms with E-state index in [1.165, 1.54) is 16.2 Å². The van der Waals surface area contributed by atoms with Crippen molar-refractivity contribution in [2.75, 3.05) is 27.4 Å². The van der Waals surface area contributed by atoms with Gasteiger partial charge >= 0.3 is 0 Å². The average molecular weight is 287 g/mol. The zero-order chi connectivity index (χ0) is 13.0. The molecule has 0 fully saturated rings. The summed E-state index contributed by atoms with van der Waals surface area (Å²) in [5, 5.41) is 6.48. The Balaban J connectivity index is 1.94. The molecule has 2 unspecified atom stereocenters. The van der Waals surface area contributed by atoms with Crippen LogP contribution < -0.4 is 5.32 Å². The number of hydrogen-bond acceptors (Lipinski definition) is 5. The molecule has 3 nitrogen and oxygen atoms in total. The monoisotopic (exact) mass is 287 g/mol. The minimum atomic E-state index is 0.127. The molecule has 0 saturated heterocycles. The minimum Gasteiger partial charge on any atom is -0.382 e. The van der Waals surface area contributed by atoms with Gasteiger partial charge in [0.15, 0.2) is 0 Å². The first-order valence-electron chi connectivity index (χ1n) is 6.23. The maximum absolute atomic E-state index is 5.39. The first-order chi connectivity index (χ1) is 8.74. The summed E-state index contributed by atoms with van der Waals surface area (Å²) < 4.78 is 12.0. The second-order valence-electron chi connectivity index (χ2n) is 4.60. The third-order valence-corrected chi connectivity index (χ3v) is 5.53. The van der Waals surface area contributed by atoms with Crippen molar-refractivity contribution in [2.45, 2.75) is 34.9 Å². The van der Waals surface area contributed by atoms with E-state index in [1.807, 2.05) is 23.1 Å². The van der Waals surface area contributed by atoms with Crippen LogP contribution in [0.4, 0.5) is 0 Å². The molecule has 5 heteroatoms. The van der Waals surface area contributed by atoms with E-state index < -0.39 is 0 Å². The third-order valence-electron chi connectivity index (χ3n) is 3.19. The van der Waals surface area contributed by atoms with E-state index in [0.29, 0.717) is 17.9 Å². The van der Waals surface area contributed by atoms with Crippen molar-refractivity contribution >= 4 is 23.1 Å². The SMILES string of the molecule is COCC(CNC1C[C@H](C)Sc2sccc21)OC. The van der Waals surface area contributed by atoms with Crippen molar-refractivity contribution in [3.63, 3.8) is 0 Å². The summed E-state index contributed by atoms with van der Waals surface area (Å²) in [6.07, 6.45) is 1.31. The van der Waals surface area contributed by atoms with E-state index in [9.17, 15) is 0 Å². The number of fused-ring (bicyclic) bond motifs is 1. The molecule has 102 valence electrons. The van der Waals surface area contributed by atoms with Gasteiger partial charge in [-0.05, 0) is 23.4 Å². The number of thioether (sulfide) groups is 1. The number of nitrogens with one attached hydrogen (secondary N) is 1. The summed E-state index contributed by atoms with van der Waals surface area (Å²) in [7, 11) is 3.45. The second kappa shape index (κ2) is 6.91. The molecule has 2 heterocycles. The lowest BCUT2D eigenvalue weighted by molar-refractivity contribution is 0.0271. The molecule has 0 spiro atoms. The molecule has 0 saturated carbocycles. The lowest BCUT2D eigenvalue weighted by Gasteiger charge is -2.29. The van der Waals surface area contributed by atoms with Crippen molar-refractivity contribution in [1.29, 1.82) is 0 Å². The minimum absolute atomic E-state index is 0.127. The fourth-order valence-corrected chi connectivity index (χ4v) is 4.78. The molecular weight excluding hydrogens is 266 g/mol. The standard InChI is InChI=1S/C13H21NO2S2/c1-9-6-12(11-4-5-17-13(11)18-9)14-7-10(16-3)8-15-2/h4-5,9-10,12,14H,6-8H2,1-3H3/t9-,10?,12?/m0/s1. The average Bonchev–Trinajstić information content (AvgIpc) is 2.82. The number of hydrogen-bond donors (Lipinski definition) is 1. The zero-order valence-electron chi connectivity index (χ0n) is 11.1. The quantitative estimate of drug-likeness (QED) is 0.871. The van der Waals surface area contributed by atoms with Gasteiger partial charge < -0.3 is 14.8 Å². The van der Waals surface area contributed by atoms with Crippen molar-refractivity contribution in [1.82, 2.24) is 5.32 Å². The Bertz CT molecular complexity index is 370. The molecule has 1 aromatic heterocycles. The highest BCUT2D eigenvalue weighted by molar-refractivity contribution is 8.01. The number of thiophene rings is 1. The molecule has 3 atom stereocenters. The van der Waals surface area contributed by atoms with Crippen LogP contribution in [0.2, 0.25) is 0 Å². The van der Waals surface area contributed by atoms with Crippen molar-refractivity contribution < 1.29 is 9.47 Å². The highest BCUT2D eigenvalue weighted by Gasteiger charge is 2.26. The van der Waals surface area contributed by atoms with Crippen LogP contribution in [0.15, 0.2) is 15.7 Å². The van der Waals surface area contributed by atoms with Crippen molar-refractivity contribution in [3.05, 3.63) is 17.0 Å². The molecule has 0 amide bonds. The van der Waals surface area contributed by atoms with E-state index in [2.05, 4.69) is 23.7 Å². The number of methoxy groups -OCH3 is 2. The van der Waals surface area contributed by atoms with Crippen molar-refractivity contribution in [2.24, 2.45) is 0 Å². The van der Waals surface area contributed by atoms with Crippen LogP contribution in [0.1, 0.15) is 24.9 Å². The zero-order valence-corrected chi connectivity index (χ0v) is 12.8. The van der Waals surface area contributed by atoms with E-state index in [4.69, 9.17) is 9.47 Å². The van der Waals surface area contributed by atoms with E-state index in [0.717, 1.165) is 6.54 Å². The van der Waals surface area contributed by atoms with Gasteiger partial charge in [0.2, 0.25) is 0 Å². The maximum Gasteiger partial charge on any atom is 0.0928 e. The van der Waals surface area contributed by atoms with Crippen LogP contribution in [-0.2, 0) is 9.47 Å². The molecular formula is C13H21NO2S2. The lowest BCUT2D eigenvalue weighted by atomic mass is 10.0. The normalized spacial score (nSPS) is 24.8. The Kier molecular flexibility index (Phi) is 5.51. The molecule has 2 rings (SSSR count). The van der Waals surface area contributed by atoms with Gasteiger partial charge in [-0.3, -0.25) is 0 Å². The van der Waals surface area contributed by atoms with Gasteiger partial charge in [-0.25, -0.2) is 0 Å². The summed E-state index contributed by atoms with van der Waals surface area (Å²) in [4.78, 5) is 0. The predicted octanol–water partition coefficient (Wildman–Crippen LogP) is 2.92. The largest absolute Gasteiger partial charge is 0.382 e. The fourth-order valence-electron chi connectivity index (χ4n) is 2.21. The van der Waals surface area contributed by atoms with Crippen molar-refractivity contribution in [3.8, 4) is 0 Å². The summed E-state index contributed by atoms with van der Waals surface area (Å²) in [6.45, 7) is 3.77. The first kappa shape index (κ1) is 14.3. The Morgan fingerprint density at radius 1 is 1.50 bits per heavy atom. The number of rotatable bonds is 6. The van der Waals surface area contributed by atoms with Gasteiger partial charge in [0.05, 0.1) is 16.9 Å². The van der Waals surface area contributed by atoms with Gasteiger partial charge in [0.1, 0.15) is 0 Å². The Morgan fingerprint density at radius 2 is 2.33 bits per heavy atom. The first-order valence-corrected chi connectivity index (χ1v) is 7.99. The highest BCUT2D eigenvalue weighted by Crippen LogP contribution is 2.43. The summed E-state index contributed by atoms with van der Waals surface area (Å²) in [6, 6.07) is 2.70. The molecule has 1 N–H and O–H groups in total. The van der Waals surface area contributed by atoms with Crippen LogP contribution in [-0.4, -0.2) is 38.7 Å². The molecule has 1 aliphatic rings. The predicted molar refractivity (Wildman–Crippen MR) is 77.7 cm³/mol. The second-order valence-corrected chi connectivity index (χ2v) is 7.22. The summed E-state index contributed by atoms with van der Waals surface area (Å²) in [5.41, 5.74) is 1.45.